The van der Waals surface area contributed by atoms with E-state index in [1.165, 1.54) is 5.56 Å². The van der Waals surface area contributed by atoms with Gasteiger partial charge in [0.15, 0.2) is 0 Å². The van der Waals surface area contributed by atoms with E-state index in [1.54, 1.807) is 6.07 Å². The minimum atomic E-state index is 0.137. The molecule has 1 atom stereocenters. The number of hydrogen-bond acceptors (Lipinski definition) is 4. The van der Waals surface area contributed by atoms with Gasteiger partial charge < -0.3 is 5.11 Å². The van der Waals surface area contributed by atoms with E-state index >= 15 is 0 Å². The maximum absolute atomic E-state index is 11.4. The summed E-state index contributed by atoms with van der Waals surface area (Å²) in [5.41, 5.74) is 11.6. The van der Waals surface area contributed by atoms with Gasteiger partial charge in [0.2, 0.25) is 0 Å². The zero-order chi connectivity index (χ0) is 35.3. The molecule has 0 bridgehead atoms. The van der Waals surface area contributed by atoms with Crippen molar-refractivity contribution < 1.29 is 5.11 Å². The van der Waals surface area contributed by atoms with Gasteiger partial charge in [-0.15, -0.1) is 0 Å². The predicted octanol–water partition coefficient (Wildman–Crippen LogP) is 12.5. The summed E-state index contributed by atoms with van der Waals surface area (Å²) in [6.45, 7) is 2.20. The van der Waals surface area contributed by atoms with E-state index in [4.69, 9.17) is 9.97 Å². The Kier molecular flexibility index (Phi) is 9.10. The molecule has 4 heteroatoms. The van der Waals surface area contributed by atoms with Gasteiger partial charge in [0.1, 0.15) is 11.6 Å². The SMILES string of the molecule is CC(c1ccccc1)c1ccc(O)c(-c2cc(-c3ccccc3)cc(-c3cc(-c4ccccc4)cc(N(c4ccccc4)c4ccccn4)c3)n2)c1. The van der Waals surface area contributed by atoms with Crippen molar-refractivity contribution in [2.45, 2.75) is 12.8 Å². The lowest BCUT2D eigenvalue weighted by molar-refractivity contribution is 0.477. The Labute approximate surface area is 305 Å². The number of hydrogen-bond donors (Lipinski definition) is 1. The maximum atomic E-state index is 11.4. The van der Waals surface area contributed by atoms with Crippen molar-refractivity contribution in [2.24, 2.45) is 0 Å². The van der Waals surface area contributed by atoms with Crippen LogP contribution in [0.3, 0.4) is 0 Å². The first-order chi connectivity index (χ1) is 25.6. The molecule has 0 spiro atoms. The molecule has 2 aromatic heterocycles. The Hall–Kier alpha value is -6.78. The third-order valence-corrected chi connectivity index (χ3v) is 9.50. The number of benzene rings is 6. The minimum absolute atomic E-state index is 0.137. The van der Waals surface area contributed by atoms with Gasteiger partial charge in [0.25, 0.3) is 0 Å². The molecule has 2 heterocycles. The smallest absolute Gasteiger partial charge is 0.137 e. The molecule has 0 saturated carbocycles. The molecule has 1 unspecified atom stereocenters. The molecule has 0 fully saturated rings. The van der Waals surface area contributed by atoms with Crippen LogP contribution in [0.5, 0.6) is 5.75 Å². The molecule has 0 saturated heterocycles. The highest BCUT2D eigenvalue weighted by Gasteiger charge is 2.19. The van der Waals surface area contributed by atoms with Crippen molar-refractivity contribution in [1.82, 2.24) is 9.97 Å². The first-order valence-corrected chi connectivity index (χ1v) is 17.5. The topological polar surface area (TPSA) is 49.2 Å². The highest BCUT2D eigenvalue weighted by atomic mass is 16.3. The molecule has 0 amide bonds. The van der Waals surface area contributed by atoms with Gasteiger partial charge in [0.05, 0.1) is 11.4 Å². The Morgan fingerprint density at radius 1 is 0.462 bits per heavy atom. The number of aromatic nitrogens is 2. The molecule has 4 nitrogen and oxygen atoms in total. The lowest BCUT2D eigenvalue weighted by Crippen LogP contribution is -2.11. The van der Waals surface area contributed by atoms with Crippen molar-refractivity contribution in [1.29, 1.82) is 0 Å². The van der Waals surface area contributed by atoms with E-state index in [0.717, 1.165) is 56.3 Å². The normalized spacial score (nSPS) is 11.6. The summed E-state index contributed by atoms with van der Waals surface area (Å²) in [6.07, 6.45) is 1.82. The number of rotatable bonds is 9. The number of phenols is 1. The number of para-hydroxylation sites is 1. The van der Waals surface area contributed by atoms with E-state index < -0.39 is 0 Å². The van der Waals surface area contributed by atoms with Crippen LogP contribution in [0.25, 0.3) is 44.8 Å². The van der Waals surface area contributed by atoms with Crippen LogP contribution in [-0.2, 0) is 0 Å². The van der Waals surface area contributed by atoms with Gasteiger partial charge >= 0.3 is 0 Å². The number of anilines is 3. The van der Waals surface area contributed by atoms with Gasteiger partial charge in [0, 0.05) is 34.6 Å². The third kappa shape index (κ3) is 6.83. The molecule has 8 rings (SSSR count). The van der Waals surface area contributed by atoms with Crippen LogP contribution < -0.4 is 4.90 Å². The van der Waals surface area contributed by atoms with Crippen LogP contribution in [0, 0.1) is 0 Å². The van der Waals surface area contributed by atoms with Crippen LogP contribution in [0.15, 0.2) is 194 Å². The predicted molar refractivity (Wildman–Crippen MR) is 214 cm³/mol. The summed E-state index contributed by atoms with van der Waals surface area (Å²) in [5, 5.41) is 11.4. The third-order valence-electron chi connectivity index (χ3n) is 9.50. The highest BCUT2D eigenvalue weighted by Crippen LogP contribution is 2.41. The van der Waals surface area contributed by atoms with Crippen molar-refractivity contribution in [3.8, 4) is 50.5 Å². The van der Waals surface area contributed by atoms with Gasteiger partial charge in [-0.3, -0.25) is 4.90 Å². The van der Waals surface area contributed by atoms with Gasteiger partial charge in [-0.2, -0.15) is 0 Å². The number of pyridine rings is 2. The van der Waals surface area contributed by atoms with E-state index in [0.29, 0.717) is 11.3 Å². The Morgan fingerprint density at radius 3 is 1.69 bits per heavy atom. The van der Waals surface area contributed by atoms with E-state index in [2.05, 4.69) is 121 Å². The second kappa shape index (κ2) is 14.6. The van der Waals surface area contributed by atoms with Crippen molar-refractivity contribution in [3.63, 3.8) is 0 Å². The van der Waals surface area contributed by atoms with Crippen molar-refractivity contribution in [2.75, 3.05) is 4.90 Å². The second-order valence-corrected chi connectivity index (χ2v) is 12.9. The summed E-state index contributed by atoms with van der Waals surface area (Å²) in [5.74, 6) is 1.14. The monoisotopic (exact) mass is 671 g/mol. The fourth-order valence-corrected chi connectivity index (χ4v) is 6.74. The fraction of sp³-hybridized carbons (Fsp3) is 0.0417. The van der Waals surface area contributed by atoms with E-state index in [1.807, 2.05) is 79.0 Å². The molecule has 6 aromatic carbocycles. The lowest BCUT2D eigenvalue weighted by Gasteiger charge is -2.25. The van der Waals surface area contributed by atoms with Crippen molar-refractivity contribution >= 4 is 17.2 Å². The van der Waals surface area contributed by atoms with E-state index in [-0.39, 0.29) is 11.7 Å². The molecule has 250 valence electrons. The van der Waals surface area contributed by atoms with Gasteiger partial charge in [-0.25, -0.2) is 9.97 Å². The van der Waals surface area contributed by atoms with Gasteiger partial charge in [-0.1, -0.05) is 128 Å². The molecular weight excluding hydrogens is 635 g/mol. The average Bonchev–Trinajstić information content (AvgIpc) is 3.22. The quantitative estimate of drug-likeness (QED) is 0.166. The number of aromatic hydroxyl groups is 1. The fourth-order valence-electron chi connectivity index (χ4n) is 6.74. The van der Waals surface area contributed by atoms with Crippen molar-refractivity contribution in [3.05, 3.63) is 205 Å². The van der Waals surface area contributed by atoms with E-state index in [9.17, 15) is 5.11 Å². The second-order valence-electron chi connectivity index (χ2n) is 12.9. The molecule has 8 aromatic rings. The summed E-state index contributed by atoms with van der Waals surface area (Å²) >= 11 is 0. The van der Waals surface area contributed by atoms with Crippen LogP contribution in [0.4, 0.5) is 17.2 Å². The zero-order valence-corrected chi connectivity index (χ0v) is 28.8. The molecule has 0 radical (unpaired) electrons. The molecular formula is C48H37N3O. The number of phenolic OH excluding ortho intramolecular Hbond substituents is 1. The van der Waals surface area contributed by atoms with Crippen LogP contribution in [0.1, 0.15) is 24.0 Å². The minimum Gasteiger partial charge on any atom is -0.507 e. The van der Waals surface area contributed by atoms with Crippen LogP contribution in [0.2, 0.25) is 0 Å². The Morgan fingerprint density at radius 2 is 1.04 bits per heavy atom. The average molecular weight is 672 g/mol. The Balaban J connectivity index is 1.34. The largest absolute Gasteiger partial charge is 0.507 e. The molecule has 0 aliphatic heterocycles. The standard InChI is InChI=1S/C48H37N3O/c1-34(35-16-6-2-7-17-35)38-25-26-47(52)44(31-38)46-33-40(37-20-10-4-11-21-37)32-45(50-46)41-28-39(36-18-8-3-9-19-36)29-43(30-41)51(42-22-12-5-13-23-42)48-24-14-15-27-49-48/h2-34,52H,1H3. The highest BCUT2D eigenvalue weighted by molar-refractivity contribution is 5.85. The van der Waals surface area contributed by atoms with Crippen LogP contribution >= 0.6 is 0 Å². The molecule has 52 heavy (non-hydrogen) atoms. The summed E-state index contributed by atoms with van der Waals surface area (Å²) in [4.78, 5) is 12.3. The summed E-state index contributed by atoms with van der Waals surface area (Å²) < 4.78 is 0. The summed E-state index contributed by atoms with van der Waals surface area (Å²) in [7, 11) is 0. The first-order valence-electron chi connectivity index (χ1n) is 17.5. The zero-order valence-electron chi connectivity index (χ0n) is 28.8. The first kappa shape index (κ1) is 32.4. The van der Waals surface area contributed by atoms with Gasteiger partial charge in [-0.05, 0) is 100 Å². The number of nitrogens with zero attached hydrogens (tertiary/aromatic N) is 3. The molecule has 1 N–H and O–H groups in total. The maximum Gasteiger partial charge on any atom is 0.137 e. The lowest BCUT2D eigenvalue weighted by atomic mass is 9.90. The molecule has 0 aliphatic rings. The van der Waals surface area contributed by atoms with Crippen LogP contribution in [-0.4, -0.2) is 15.1 Å². The Bertz CT molecular complexity index is 2380. The summed E-state index contributed by atoms with van der Waals surface area (Å²) in [6, 6.07) is 64.2. The molecule has 0 aliphatic carbocycles.